The van der Waals surface area contributed by atoms with Gasteiger partial charge in [0.2, 0.25) is 0 Å². The second kappa shape index (κ2) is 7.14. The van der Waals surface area contributed by atoms with Crippen LogP contribution in [0.4, 0.5) is 8.78 Å². The summed E-state index contributed by atoms with van der Waals surface area (Å²) in [7, 11) is 0. The van der Waals surface area contributed by atoms with Gasteiger partial charge in [0, 0.05) is 0 Å². The number of tetrazole rings is 1. The number of carbonyl (C=O) groups excluding carboxylic acids is 1. The van der Waals surface area contributed by atoms with Crippen molar-refractivity contribution in [1.29, 1.82) is 0 Å². The molecule has 4 rings (SSSR count). The molecule has 0 aliphatic heterocycles. The van der Waals surface area contributed by atoms with Gasteiger partial charge < -0.3 is 4.74 Å². The van der Waals surface area contributed by atoms with Gasteiger partial charge in [0.05, 0.1) is 22.3 Å². The third kappa shape index (κ3) is 3.20. The first-order valence-corrected chi connectivity index (χ1v) is 8.34. The zero-order valence-corrected chi connectivity index (χ0v) is 14.6. The van der Waals surface area contributed by atoms with E-state index in [0.29, 0.717) is 11.2 Å². The van der Waals surface area contributed by atoms with Gasteiger partial charge in [-0.25, -0.2) is 14.5 Å². The maximum atomic E-state index is 13.6. The van der Waals surface area contributed by atoms with Crippen molar-refractivity contribution in [3.63, 3.8) is 0 Å². The number of nitrogens with zero attached hydrogens (tertiary/aromatic N) is 6. The molecule has 0 aliphatic carbocycles. The quantitative estimate of drug-likeness (QED) is 0.491. The van der Waals surface area contributed by atoms with Crippen molar-refractivity contribution in [1.82, 2.24) is 29.8 Å². The van der Waals surface area contributed by atoms with E-state index >= 15 is 0 Å². The molecule has 28 heavy (non-hydrogen) atoms. The minimum Gasteiger partial charge on any atom is -0.451 e. The summed E-state index contributed by atoms with van der Waals surface area (Å²) in [6.07, 6.45) is 0.456. The molecule has 0 aliphatic rings. The summed E-state index contributed by atoms with van der Waals surface area (Å²) in [5.41, 5.74) is 1.62. The van der Waals surface area contributed by atoms with Gasteiger partial charge in [-0.15, -0.1) is 5.10 Å². The fraction of sp³-hybridized carbons (Fsp3) is 0.167. The summed E-state index contributed by atoms with van der Waals surface area (Å²) < 4.78 is 34.7. The van der Waals surface area contributed by atoms with E-state index in [1.807, 2.05) is 0 Å². The van der Waals surface area contributed by atoms with E-state index in [9.17, 15) is 13.6 Å². The van der Waals surface area contributed by atoms with Crippen molar-refractivity contribution in [2.75, 3.05) is 0 Å². The van der Waals surface area contributed by atoms with Gasteiger partial charge in [-0.2, -0.15) is 8.78 Å². The van der Waals surface area contributed by atoms with Crippen LogP contribution < -0.4 is 0 Å². The van der Waals surface area contributed by atoms with Gasteiger partial charge in [-0.05, 0) is 53.7 Å². The van der Waals surface area contributed by atoms with E-state index in [-0.39, 0.29) is 16.9 Å². The first-order valence-electron chi connectivity index (χ1n) is 8.34. The molecule has 0 bridgehead atoms. The number of hydrogen-bond donors (Lipinski definition) is 0. The summed E-state index contributed by atoms with van der Waals surface area (Å²) in [6, 6.07) is 12.9. The minimum absolute atomic E-state index is 0.0186. The molecule has 142 valence electrons. The number of para-hydroxylation sites is 2. The second-order valence-electron chi connectivity index (χ2n) is 5.96. The van der Waals surface area contributed by atoms with E-state index in [4.69, 9.17) is 4.74 Å². The van der Waals surface area contributed by atoms with Crippen molar-refractivity contribution in [2.45, 2.75) is 19.6 Å². The topological polar surface area (TPSA) is 87.7 Å². The summed E-state index contributed by atoms with van der Waals surface area (Å²) in [4.78, 5) is 16.6. The van der Waals surface area contributed by atoms with Crippen LogP contribution >= 0.6 is 0 Å². The maximum absolute atomic E-state index is 13.6. The molecule has 0 saturated carbocycles. The lowest BCUT2D eigenvalue weighted by Crippen LogP contribution is -2.14. The highest BCUT2D eigenvalue weighted by atomic mass is 19.3. The molecular formula is C18H14F2N6O2. The van der Waals surface area contributed by atoms with E-state index in [1.165, 1.54) is 17.9 Å². The van der Waals surface area contributed by atoms with Crippen molar-refractivity contribution in [3.8, 4) is 5.69 Å². The van der Waals surface area contributed by atoms with Crippen molar-refractivity contribution < 1.29 is 18.3 Å². The number of imidazole rings is 1. The smallest absolute Gasteiger partial charge is 0.338 e. The van der Waals surface area contributed by atoms with Crippen LogP contribution in [-0.4, -0.2) is 35.7 Å². The van der Waals surface area contributed by atoms with E-state index in [1.54, 1.807) is 48.5 Å². The molecule has 0 amide bonds. The van der Waals surface area contributed by atoms with Crippen LogP contribution in [-0.2, 0) is 4.74 Å². The van der Waals surface area contributed by atoms with E-state index in [2.05, 4.69) is 20.5 Å². The fourth-order valence-corrected chi connectivity index (χ4v) is 2.87. The average molecular weight is 384 g/mol. The number of hydrogen-bond acceptors (Lipinski definition) is 6. The lowest BCUT2D eigenvalue weighted by atomic mass is 10.2. The molecule has 0 radical (unpaired) electrons. The zero-order chi connectivity index (χ0) is 19.7. The van der Waals surface area contributed by atoms with Gasteiger partial charge in [0.15, 0.2) is 11.9 Å². The second-order valence-corrected chi connectivity index (χ2v) is 5.96. The molecule has 1 unspecified atom stereocenters. The van der Waals surface area contributed by atoms with E-state index in [0.717, 1.165) is 4.57 Å². The van der Waals surface area contributed by atoms with Crippen LogP contribution in [0.25, 0.3) is 16.7 Å². The number of rotatable bonds is 5. The Labute approximate surface area is 157 Å². The van der Waals surface area contributed by atoms with Crippen LogP contribution in [0.3, 0.4) is 0 Å². The van der Waals surface area contributed by atoms with E-state index < -0.39 is 18.6 Å². The fourth-order valence-electron chi connectivity index (χ4n) is 2.87. The number of benzene rings is 2. The number of aromatic nitrogens is 6. The molecule has 2 heterocycles. The molecule has 0 saturated heterocycles. The minimum atomic E-state index is -2.81. The van der Waals surface area contributed by atoms with Crippen LogP contribution in [0.5, 0.6) is 0 Å². The summed E-state index contributed by atoms with van der Waals surface area (Å²) in [6.45, 7) is -1.30. The molecule has 8 nitrogen and oxygen atoms in total. The molecule has 4 aromatic rings. The Bertz CT molecular complexity index is 1110. The van der Waals surface area contributed by atoms with Crippen molar-refractivity contribution in [3.05, 3.63) is 66.2 Å². The normalized spacial score (nSPS) is 12.4. The Kier molecular flexibility index (Phi) is 4.52. The molecule has 2 aromatic carbocycles. The molecule has 1 atom stereocenters. The number of esters is 1. The standard InChI is InChI=1S/C18H14F2N6O2/c1-11(16-22-14-4-2-3-5-15(14)26(16)18(19)20)28-17(27)12-6-8-13(9-7-12)25-10-21-23-24-25/h2-11,18H,1H3. The van der Waals surface area contributed by atoms with Crippen LogP contribution in [0, 0.1) is 0 Å². The number of fused-ring (bicyclic) bond motifs is 1. The third-order valence-corrected chi connectivity index (χ3v) is 4.18. The first-order chi connectivity index (χ1) is 13.5. The molecule has 2 aromatic heterocycles. The van der Waals surface area contributed by atoms with Crippen LogP contribution in [0.15, 0.2) is 54.9 Å². The van der Waals surface area contributed by atoms with Gasteiger partial charge in [-0.3, -0.25) is 4.57 Å². The monoisotopic (exact) mass is 384 g/mol. The van der Waals surface area contributed by atoms with Crippen molar-refractivity contribution in [2.24, 2.45) is 0 Å². The lowest BCUT2D eigenvalue weighted by Gasteiger charge is -2.15. The predicted octanol–water partition coefficient (Wildman–Crippen LogP) is 3.33. The number of carbonyl (C=O) groups is 1. The molecular weight excluding hydrogens is 370 g/mol. The molecule has 10 heteroatoms. The number of ether oxygens (including phenoxy) is 1. The predicted molar refractivity (Wildman–Crippen MR) is 94.0 cm³/mol. The highest BCUT2D eigenvalue weighted by Crippen LogP contribution is 2.28. The van der Waals surface area contributed by atoms with Crippen LogP contribution in [0.2, 0.25) is 0 Å². The summed E-state index contributed by atoms with van der Waals surface area (Å²) in [5, 5.41) is 10.8. The first kappa shape index (κ1) is 17.7. The maximum Gasteiger partial charge on any atom is 0.338 e. The number of alkyl halides is 2. The Morgan fingerprint density at radius 1 is 1.11 bits per heavy atom. The Balaban J connectivity index is 1.56. The third-order valence-electron chi connectivity index (χ3n) is 4.18. The van der Waals surface area contributed by atoms with Gasteiger partial charge in [0.1, 0.15) is 6.33 Å². The number of halogens is 2. The van der Waals surface area contributed by atoms with Gasteiger partial charge in [0.25, 0.3) is 0 Å². The SMILES string of the molecule is CC(OC(=O)c1ccc(-n2cnnn2)cc1)c1nc2ccccc2n1C(F)F. The Hall–Kier alpha value is -3.69. The largest absolute Gasteiger partial charge is 0.451 e. The molecule has 0 fully saturated rings. The average Bonchev–Trinajstić information content (AvgIpc) is 3.36. The van der Waals surface area contributed by atoms with Crippen LogP contribution in [0.1, 0.15) is 35.8 Å². The Morgan fingerprint density at radius 3 is 2.54 bits per heavy atom. The molecule has 0 spiro atoms. The Morgan fingerprint density at radius 2 is 1.86 bits per heavy atom. The van der Waals surface area contributed by atoms with Gasteiger partial charge >= 0.3 is 12.5 Å². The molecule has 0 N–H and O–H groups in total. The lowest BCUT2D eigenvalue weighted by molar-refractivity contribution is 0.0233. The highest BCUT2D eigenvalue weighted by Gasteiger charge is 2.24. The van der Waals surface area contributed by atoms with Crippen molar-refractivity contribution >= 4 is 17.0 Å². The van der Waals surface area contributed by atoms with Gasteiger partial charge in [-0.1, -0.05) is 12.1 Å². The summed E-state index contributed by atoms with van der Waals surface area (Å²) >= 11 is 0. The highest BCUT2D eigenvalue weighted by molar-refractivity contribution is 5.89. The zero-order valence-electron chi connectivity index (χ0n) is 14.6. The summed E-state index contributed by atoms with van der Waals surface area (Å²) in [5.74, 6) is -0.668.